The van der Waals surface area contributed by atoms with E-state index in [-0.39, 0.29) is 87.7 Å². The van der Waals surface area contributed by atoms with Crippen LogP contribution in [0.1, 0.15) is 12.6 Å². The summed E-state index contributed by atoms with van der Waals surface area (Å²) in [6.45, 7) is -0.957. The zero-order valence-corrected chi connectivity index (χ0v) is 21.1. The van der Waals surface area contributed by atoms with Crippen LogP contribution in [0.4, 0.5) is 5.82 Å². The van der Waals surface area contributed by atoms with Crippen LogP contribution in [0.3, 0.4) is 0 Å². The summed E-state index contributed by atoms with van der Waals surface area (Å²) in [6.07, 6.45) is -2.53. The number of nitrogens with zero attached hydrogens (tertiary/aromatic N) is 2. The Bertz CT molecular complexity index is 948. The number of hydrogen-bond donors (Lipinski definition) is 2. The second-order valence-electron chi connectivity index (χ2n) is 5.49. The van der Waals surface area contributed by atoms with Crippen molar-refractivity contribution in [3.8, 4) is 0 Å². The van der Waals surface area contributed by atoms with Crippen LogP contribution in [0.5, 0.6) is 0 Å². The number of ether oxygens (including phenoxy) is 1. The minimum absolute atomic E-state index is 0. The molecule has 1 saturated heterocycles. The van der Waals surface area contributed by atoms with Crippen LogP contribution in [-0.2, 0) is 31.6 Å². The largest absolute Gasteiger partial charge is 1.00 e. The Morgan fingerprint density at radius 2 is 1.73 bits per heavy atom. The Kier molecular flexibility index (Phi) is 18.4. The standard InChI is InChI=1S/C10H18N3O13P3.4Li/c1-11-8-2-3-13(10(15)12-8)9-4-6(14)7(24-9)5-23-28(19,20)26-29(21,22)25-27(16,17)18;;;;/h2-3,6-7,9,14H,4-5H2,1H3,(H,19,20)(H,21,22)(H,11,12,15)(H2,16,17,18);;;;/q;4*+1/p-4/t6-,7+,9+;;;;/m0..../s1. The molecule has 0 bridgehead atoms. The number of aliphatic hydroxyl groups is 1. The molecule has 23 heteroatoms. The second-order valence-corrected chi connectivity index (χ2v) is 9.73. The molecule has 166 valence electrons. The Morgan fingerprint density at radius 3 is 2.21 bits per heavy atom. The van der Waals surface area contributed by atoms with Crippen molar-refractivity contribution in [1.29, 1.82) is 0 Å². The number of anilines is 1. The zero-order chi connectivity index (χ0) is 22.0. The van der Waals surface area contributed by atoms with Crippen LogP contribution in [0.15, 0.2) is 17.1 Å². The second kappa shape index (κ2) is 15.6. The molecule has 5 atom stereocenters. The monoisotopic (exact) mass is 505 g/mol. The van der Waals surface area contributed by atoms with E-state index in [1.54, 1.807) is 0 Å². The van der Waals surface area contributed by atoms with Gasteiger partial charge in [0, 0.05) is 19.7 Å². The first-order valence-corrected chi connectivity index (χ1v) is 11.9. The van der Waals surface area contributed by atoms with Crippen LogP contribution >= 0.6 is 23.5 Å². The first-order chi connectivity index (χ1) is 13.2. The number of phosphoric acid groups is 3. The molecule has 2 unspecified atom stereocenters. The molecule has 33 heavy (non-hydrogen) atoms. The SMILES string of the molecule is CNc1ccn([C@H]2C[C@H](O)[C@@H](COP(=O)([O-])OP(=O)([O-])OP(=O)([O-])[O-])O2)c(=O)n1.[Li+].[Li+].[Li+].[Li+]. The number of rotatable bonds is 9. The summed E-state index contributed by atoms with van der Waals surface area (Å²) >= 11 is 0. The van der Waals surface area contributed by atoms with Gasteiger partial charge in [0.2, 0.25) is 0 Å². The maximum absolute atomic E-state index is 11.9. The number of aliphatic hydroxyl groups excluding tert-OH is 1. The van der Waals surface area contributed by atoms with Gasteiger partial charge in [0.05, 0.1) is 20.5 Å². The summed E-state index contributed by atoms with van der Waals surface area (Å²) in [4.78, 5) is 58.7. The Hall–Kier alpha value is 1.40. The molecule has 0 radical (unpaired) electrons. The Morgan fingerprint density at radius 1 is 1.15 bits per heavy atom. The molecule has 2 N–H and O–H groups in total. The molecule has 2 rings (SSSR count). The fourth-order valence-corrected chi connectivity index (χ4v) is 5.12. The van der Waals surface area contributed by atoms with Gasteiger partial charge in [0.1, 0.15) is 18.1 Å². The smallest absolute Gasteiger partial charge is 0.790 e. The molecular weight excluding hydrogens is 491 g/mol. The van der Waals surface area contributed by atoms with E-state index in [2.05, 4.69) is 23.4 Å². The van der Waals surface area contributed by atoms with Gasteiger partial charge in [-0.25, -0.2) is 9.11 Å². The van der Waals surface area contributed by atoms with E-state index < -0.39 is 54.2 Å². The molecule has 0 aromatic carbocycles. The first-order valence-electron chi connectivity index (χ1n) is 7.53. The van der Waals surface area contributed by atoms with Crippen molar-refractivity contribution >= 4 is 29.3 Å². The zero-order valence-electron chi connectivity index (χ0n) is 18.4. The maximum atomic E-state index is 11.9. The molecule has 16 nitrogen and oxygen atoms in total. The third-order valence-corrected chi connectivity index (χ3v) is 7.06. The number of phosphoric ester groups is 1. The van der Waals surface area contributed by atoms with Crippen molar-refractivity contribution in [2.24, 2.45) is 0 Å². The van der Waals surface area contributed by atoms with Crippen molar-refractivity contribution in [2.75, 3.05) is 19.0 Å². The fraction of sp³-hybridized carbons (Fsp3) is 0.600. The molecule has 1 aromatic heterocycles. The third kappa shape index (κ3) is 13.0. The topological polar surface area (TPSA) is 248 Å². The van der Waals surface area contributed by atoms with E-state index in [0.717, 1.165) is 4.57 Å². The summed E-state index contributed by atoms with van der Waals surface area (Å²) in [6, 6.07) is 1.44. The molecule has 1 fully saturated rings. The fourth-order valence-electron chi connectivity index (χ4n) is 2.26. The molecule has 2 heterocycles. The van der Waals surface area contributed by atoms with Gasteiger partial charge in [-0.1, -0.05) is 0 Å². The van der Waals surface area contributed by atoms with Gasteiger partial charge in [0.15, 0.2) is 0 Å². The van der Waals surface area contributed by atoms with Gasteiger partial charge < -0.3 is 43.8 Å². The van der Waals surface area contributed by atoms with Gasteiger partial charge in [-0.2, -0.15) is 4.98 Å². The number of aromatic nitrogens is 2. The minimum Gasteiger partial charge on any atom is -0.790 e. The Balaban J connectivity index is -0.00000225. The van der Waals surface area contributed by atoms with Crippen molar-refractivity contribution in [3.63, 3.8) is 0 Å². The average Bonchev–Trinajstić information content (AvgIpc) is 2.90. The minimum atomic E-state index is -6.10. The van der Waals surface area contributed by atoms with E-state index in [4.69, 9.17) is 4.74 Å². The average molecular weight is 505 g/mol. The van der Waals surface area contributed by atoms with E-state index in [1.807, 2.05) is 0 Å². The van der Waals surface area contributed by atoms with E-state index in [0.29, 0.717) is 0 Å². The summed E-state index contributed by atoms with van der Waals surface area (Å²) in [5.41, 5.74) is -0.724. The normalized spacial score (nSPS) is 23.4. The van der Waals surface area contributed by atoms with Crippen LogP contribution in [0, 0.1) is 0 Å². The molecule has 1 aliphatic rings. The quantitative estimate of drug-likeness (QED) is 0.234. The van der Waals surface area contributed by atoms with Crippen LogP contribution < -0.4 is 106 Å². The molecule has 1 aliphatic heterocycles. The van der Waals surface area contributed by atoms with E-state index in [1.165, 1.54) is 19.3 Å². The van der Waals surface area contributed by atoms with Gasteiger partial charge in [-0.3, -0.25) is 18.0 Å². The maximum Gasteiger partial charge on any atom is 1.00 e. The molecule has 0 amide bonds. The van der Waals surface area contributed by atoms with Crippen LogP contribution in [-0.4, -0.2) is 40.5 Å². The molecular formula is C10H14Li4N3O13P3. The summed E-state index contributed by atoms with van der Waals surface area (Å²) < 4.78 is 49.8. The third-order valence-electron chi connectivity index (χ3n) is 3.40. The van der Waals surface area contributed by atoms with Gasteiger partial charge >= 0.3 is 81.1 Å². The molecule has 0 saturated carbocycles. The predicted octanol–water partition coefficient (Wildman–Crippen LogP) is -15.2. The van der Waals surface area contributed by atoms with Crippen LogP contribution in [0.2, 0.25) is 0 Å². The predicted molar refractivity (Wildman–Crippen MR) is 83.5 cm³/mol. The number of hydrogen-bond acceptors (Lipinski definition) is 15. The van der Waals surface area contributed by atoms with Crippen molar-refractivity contribution in [3.05, 3.63) is 22.7 Å². The summed E-state index contributed by atoms with van der Waals surface area (Å²) in [5.74, 6) is 0.277. The number of nitrogens with one attached hydrogen (secondary N) is 1. The molecule has 0 spiro atoms. The summed E-state index contributed by atoms with van der Waals surface area (Å²) in [7, 11) is -16.4. The van der Waals surface area contributed by atoms with Gasteiger partial charge in [-0.05, 0) is 6.07 Å². The summed E-state index contributed by atoms with van der Waals surface area (Å²) in [5, 5.41) is 12.6. The van der Waals surface area contributed by atoms with Crippen LogP contribution in [0.25, 0.3) is 0 Å². The van der Waals surface area contributed by atoms with E-state index in [9.17, 15) is 43.2 Å². The van der Waals surface area contributed by atoms with Gasteiger partial charge in [0.25, 0.3) is 15.6 Å². The van der Waals surface area contributed by atoms with Crippen molar-refractivity contribution in [2.45, 2.75) is 24.9 Å². The van der Waals surface area contributed by atoms with Crippen molar-refractivity contribution in [1.82, 2.24) is 9.55 Å². The molecule has 1 aromatic rings. The van der Waals surface area contributed by atoms with Gasteiger partial charge in [-0.15, -0.1) is 0 Å². The molecule has 0 aliphatic carbocycles. The van der Waals surface area contributed by atoms with E-state index >= 15 is 0 Å². The Labute approximate surface area is 235 Å². The first kappa shape index (κ1) is 38.9. The van der Waals surface area contributed by atoms with Crippen molar-refractivity contribution < 1.29 is 132 Å².